The van der Waals surface area contributed by atoms with E-state index in [1.165, 1.54) is 43.3 Å². The van der Waals surface area contributed by atoms with Crippen LogP contribution in [0, 0.1) is 10.1 Å². The molecule has 1 atom stereocenters. The molecule has 182 valence electrons. The van der Waals surface area contributed by atoms with Gasteiger partial charge in [-0.25, -0.2) is 4.79 Å². The second-order valence-corrected chi connectivity index (χ2v) is 8.94. The van der Waals surface area contributed by atoms with Gasteiger partial charge in [-0.3, -0.25) is 14.9 Å². The summed E-state index contributed by atoms with van der Waals surface area (Å²) in [7, 11) is -4.34. The summed E-state index contributed by atoms with van der Waals surface area (Å²) in [5, 5.41) is 13.6. The summed E-state index contributed by atoms with van der Waals surface area (Å²) in [6.45, 7) is 1.83. The summed E-state index contributed by atoms with van der Waals surface area (Å²) in [6, 6.07) is 19.0. The van der Waals surface area contributed by atoms with Crippen LogP contribution in [0.3, 0.4) is 0 Å². The van der Waals surface area contributed by atoms with Crippen molar-refractivity contribution < 1.29 is 31.9 Å². The highest BCUT2D eigenvalue weighted by molar-refractivity contribution is 7.87. The summed E-state index contributed by atoms with van der Waals surface area (Å²) in [6.07, 6.45) is -0.406. The van der Waals surface area contributed by atoms with E-state index >= 15 is 0 Å². The van der Waals surface area contributed by atoms with Gasteiger partial charge in [0.15, 0.2) is 6.10 Å². The fourth-order valence-electron chi connectivity index (χ4n) is 2.97. The third kappa shape index (κ3) is 7.11. The van der Waals surface area contributed by atoms with E-state index in [1.54, 1.807) is 0 Å². The molecule has 0 spiro atoms. The van der Waals surface area contributed by atoms with E-state index in [1.807, 2.05) is 30.3 Å². The minimum Gasteiger partial charge on any atom is -0.449 e. The van der Waals surface area contributed by atoms with Crippen molar-refractivity contribution >= 4 is 27.7 Å². The summed E-state index contributed by atoms with van der Waals surface area (Å²) >= 11 is 0. The summed E-state index contributed by atoms with van der Waals surface area (Å²) in [5.74, 6) is -1.33. The zero-order chi connectivity index (χ0) is 25.4. The van der Waals surface area contributed by atoms with Crippen LogP contribution in [0.15, 0.2) is 83.8 Å². The van der Waals surface area contributed by atoms with Crippen LogP contribution in [0.1, 0.15) is 22.8 Å². The Labute approximate surface area is 201 Å². The molecule has 1 unspecified atom stereocenters. The van der Waals surface area contributed by atoms with Crippen LogP contribution >= 0.6 is 0 Å². The lowest BCUT2D eigenvalue weighted by molar-refractivity contribution is -0.385. The molecule has 0 aliphatic heterocycles. The Morgan fingerprint density at radius 3 is 2.34 bits per heavy atom. The molecular formula is C24H22N2O8S. The zero-order valence-corrected chi connectivity index (χ0v) is 19.4. The molecule has 0 bridgehead atoms. The van der Waals surface area contributed by atoms with Gasteiger partial charge in [-0.2, -0.15) is 8.42 Å². The molecule has 3 aromatic carbocycles. The van der Waals surface area contributed by atoms with Crippen LogP contribution in [0.2, 0.25) is 0 Å². The second-order valence-electron chi connectivity index (χ2n) is 7.39. The molecule has 1 N–H and O–H groups in total. The first-order valence-corrected chi connectivity index (χ1v) is 11.9. The van der Waals surface area contributed by atoms with Gasteiger partial charge in [0.25, 0.3) is 11.6 Å². The number of nitro benzene ring substituents is 1. The molecule has 0 saturated carbocycles. The van der Waals surface area contributed by atoms with E-state index in [9.17, 15) is 28.1 Å². The van der Waals surface area contributed by atoms with Gasteiger partial charge in [-0.15, -0.1) is 0 Å². The summed E-state index contributed by atoms with van der Waals surface area (Å²) < 4.78 is 35.0. The van der Waals surface area contributed by atoms with Crippen molar-refractivity contribution in [3.63, 3.8) is 0 Å². The van der Waals surface area contributed by atoms with E-state index in [2.05, 4.69) is 5.32 Å². The van der Waals surface area contributed by atoms with Crippen LogP contribution in [0.4, 0.5) is 5.69 Å². The van der Waals surface area contributed by atoms with Crippen LogP contribution in [0.5, 0.6) is 5.75 Å². The van der Waals surface area contributed by atoms with Crippen molar-refractivity contribution in [2.45, 2.75) is 24.3 Å². The average molecular weight is 499 g/mol. The van der Waals surface area contributed by atoms with E-state index in [0.717, 1.165) is 17.7 Å². The van der Waals surface area contributed by atoms with E-state index in [-0.39, 0.29) is 16.2 Å². The Morgan fingerprint density at radius 2 is 1.69 bits per heavy atom. The molecule has 0 aliphatic rings. The van der Waals surface area contributed by atoms with Gasteiger partial charge in [0, 0.05) is 18.7 Å². The molecule has 0 aliphatic carbocycles. The predicted molar refractivity (Wildman–Crippen MR) is 125 cm³/mol. The maximum absolute atomic E-state index is 12.4. The quantitative estimate of drug-likeness (QED) is 0.194. The largest absolute Gasteiger partial charge is 0.449 e. The van der Waals surface area contributed by atoms with Crippen molar-refractivity contribution in [3.8, 4) is 5.75 Å². The Balaban J connectivity index is 1.54. The number of ether oxygens (including phenoxy) is 1. The van der Waals surface area contributed by atoms with Crippen molar-refractivity contribution in [1.29, 1.82) is 0 Å². The number of nitrogens with one attached hydrogen (secondary N) is 1. The van der Waals surface area contributed by atoms with E-state index < -0.39 is 38.7 Å². The summed E-state index contributed by atoms with van der Waals surface area (Å²) in [5.41, 5.74) is 0.743. The average Bonchev–Trinajstić information content (AvgIpc) is 2.84. The van der Waals surface area contributed by atoms with Gasteiger partial charge in [-0.05, 0) is 49.2 Å². The van der Waals surface area contributed by atoms with Gasteiger partial charge in [0.1, 0.15) is 10.6 Å². The van der Waals surface area contributed by atoms with Crippen molar-refractivity contribution in [2.24, 2.45) is 0 Å². The van der Waals surface area contributed by atoms with Gasteiger partial charge in [-0.1, -0.05) is 36.4 Å². The molecule has 0 heterocycles. The number of hydrogen-bond acceptors (Lipinski definition) is 8. The Bertz CT molecular complexity index is 1310. The fourth-order valence-corrected chi connectivity index (χ4v) is 3.95. The molecule has 0 radical (unpaired) electrons. The van der Waals surface area contributed by atoms with Gasteiger partial charge in [0.2, 0.25) is 0 Å². The maximum atomic E-state index is 12.4. The first-order chi connectivity index (χ1) is 16.7. The summed E-state index contributed by atoms with van der Waals surface area (Å²) in [4.78, 5) is 34.3. The van der Waals surface area contributed by atoms with E-state index in [0.29, 0.717) is 13.0 Å². The van der Waals surface area contributed by atoms with Gasteiger partial charge in [0.05, 0.1) is 10.5 Å². The first-order valence-electron chi connectivity index (χ1n) is 10.5. The van der Waals surface area contributed by atoms with Crippen molar-refractivity contribution in [3.05, 3.63) is 100 Å². The number of esters is 1. The number of benzene rings is 3. The number of amides is 1. The SMILES string of the molecule is CC(OC(=O)c1ccc(OS(=O)(=O)c2cccc([N+](=O)[O-])c2)cc1)C(=O)NCCc1ccccc1. The van der Waals surface area contributed by atoms with Crippen LogP contribution in [0.25, 0.3) is 0 Å². The lowest BCUT2D eigenvalue weighted by Gasteiger charge is -2.14. The highest BCUT2D eigenvalue weighted by Crippen LogP contribution is 2.22. The number of nitro groups is 1. The molecule has 0 fully saturated rings. The third-order valence-corrected chi connectivity index (χ3v) is 6.06. The molecule has 0 aromatic heterocycles. The Morgan fingerprint density at radius 1 is 1.00 bits per heavy atom. The number of nitrogens with zero attached hydrogens (tertiary/aromatic N) is 1. The minimum atomic E-state index is -4.34. The number of hydrogen-bond donors (Lipinski definition) is 1. The zero-order valence-electron chi connectivity index (χ0n) is 18.6. The molecular weight excluding hydrogens is 476 g/mol. The lowest BCUT2D eigenvalue weighted by Crippen LogP contribution is -2.36. The van der Waals surface area contributed by atoms with Crippen molar-refractivity contribution in [1.82, 2.24) is 5.32 Å². The fraction of sp³-hybridized carbons (Fsp3) is 0.167. The molecule has 11 heteroatoms. The van der Waals surface area contributed by atoms with Gasteiger partial charge < -0.3 is 14.2 Å². The Kier molecular flexibility index (Phi) is 8.16. The first kappa shape index (κ1) is 25.4. The molecule has 10 nitrogen and oxygen atoms in total. The minimum absolute atomic E-state index is 0.0778. The number of non-ortho nitro benzene ring substituents is 1. The van der Waals surface area contributed by atoms with E-state index in [4.69, 9.17) is 8.92 Å². The molecule has 3 rings (SSSR count). The monoisotopic (exact) mass is 498 g/mol. The second kappa shape index (κ2) is 11.3. The maximum Gasteiger partial charge on any atom is 0.339 e. The highest BCUT2D eigenvalue weighted by Gasteiger charge is 2.21. The van der Waals surface area contributed by atoms with Gasteiger partial charge >= 0.3 is 16.1 Å². The molecule has 3 aromatic rings. The van der Waals surface area contributed by atoms with Crippen LogP contribution < -0.4 is 9.50 Å². The lowest BCUT2D eigenvalue weighted by atomic mass is 10.1. The van der Waals surface area contributed by atoms with Crippen molar-refractivity contribution in [2.75, 3.05) is 6.54 Å². The highest BCUT2D eigenvalue weighted by atomic mass is 32.2. The normalized spacial score (nSPS) is 11.8. The number of rotatable bonds is 10. The number of carbonyl (C=O) groups is 2. The predicted octanol–water partition coefficient (Wildman–Crippen LogP) is 3.27. The topological polar surface area (TPSA) is 142 Å². The van der Waals surface area contributed by atoms with Crippen LogP contribution in [-0.4, -0.2) is 37.9 Å². The molecule has 0 saturated heterocycles. The standard InChI is InChI=1S/C24H22N2O8S/c1-17(23(27)25-15-14-18-6-3-2-4-7-18)33-24(28)19-10-12-21(13-11-19)34-35(31,32)22-9-5-8-20(16-22)26(29)30/h2-13,16-17H,14-15H2,1H3,(H,25,27). The molecule has 1 amide bonds. The third-order valence-electron chi connectivity index (χ3n) is 4.82. The van der Waals surface area contributed by atoms with Crippen LogP contribution in [-0.2, 0) is 26.1 Å². The molecule has 35 heavy (non-hydrogen) atoms. The Hall–Kier alpha value is -4.25. The number of carbonyl (C=O) groups excluding carboxylic acids is 2. The smallest absolute Gasteiger partial charge is 0.339 e.